The second-order valence-corrected chi connectivity index (χ2v) is 14.4. The monoisotopic (exact) mass is 536 g/mol. The summed E-state index contributed by atoms with van der Waals surface area (Å²) in [6.45, 7) is 0.584. The Morgan fingerprint density at radius 2 is 1.00 bits per heavy atom. The zero-order valence-electron chi connectivity index (χ0n) is 20.2. The Morgan fingerprint density at radius 3 is 1.31 bits per heavy atom. The second kappa shape index (κ2) is 13.3. The fourth-order valence-corrected chi connectivity index (χ4v) is 8.55. The molecule has 0 aliphatic heterocycles. The van der Waals surface area contributed by atoms with Crippen molar-refractivity contribution in [3.8, 4) is 0 Å². The predicted octanol–water partition coefficient (Wildman–Crippen LogP) is 4.98. The number of rotatable bonds is 14. The smallest absolute Gasteiger partial charge is 0.303 e. The summed E-state index contributed by atoms with van der Waals surface area (Å²) in [5.74, 6) is -1.63. The van der Waals surface area contributed by atoms with Crippen LogP contribution in [0.15, 0.2) is 60.7 Å². The van der Waals surface area contributed by atoms with Crippen LogP contribution in [0.25, 0.3) is 0 Å². The van der Waals surface area contributed by atoms with Gasteiger partial charge in [-0.2, -0.15) is 0 Å². The molecule has 0 saturated heterocycles. The van der Waals surface area contributed by atoms with Crippen molar-refractivity contribution < 1.29 is 38.0 Å². The Morgan fingerprint density at radius 1 is 0.667 bits per heavy atom. The van der Waals surface area contributed by atoms with Crippen LogP contribution in [0.5, 0.6) is 0 Å². The summed E-state index contributed by atoms with van der Waals surface area (Å²) in [7, 11) is -6.57. The fourth-order valence-electron chi connectivity index (χ4n) is 4.35. The lowest BCUT2D eigenvalue weighted by molar-refractivity contribution is -0.137. The number of hydrogen-bond acceptors (Lipinski definition) is 6. The normalized spacial score (nSPS) is 21.2. The molecule has 2 atom stereocenters. The molecule has 0 aromatic heterocycles. The molecule has 2 N–H and O–H groups in total. The first-order valence-corrected chi connectivity index (χ1v) is 15.8. The molecule has 196 valence electrons. The van der Waals surface area contributed by atoms with Gasteiger partial charge in [0, 0.05) is 22.9 Å². The van der Waals surface area contributed by atoms with Crippen molar-refractivity contribution in [3.05, 3.63) is 60.7 Å². The highest BCUT2D eigenvalue weighted by Gasteiger charge is 2.32. The minimum atomic E-state index is -3.28. The van der Waals surface area contributed by atoms with Crippen LogP contribution in [0.4, 0.5) is 0 Å². The van der Waals surface area contributed by atoms with E-state index in [0.29, 0.717) is 23.8 Å². The summed E-state index contributed by atoms with van der Waals surface area (Å²) in [6, 6.07) is 17.5. The van der Waals surface area contributed by atoms with E-state index in [-0.39, 0.29) is 37.0 Å². The molecule has 2 aromatic rings. The molecule has 0 radical (unpaired) electrons. The molecule has 1 saturated carbocycles. The van der Waals surface area contributed by atoms with Gasteiger partial charge in [-0.1, -0.05) is 36.4 Å². The van der Waals surface area contributed by atoms with Crippen LogP contribution in [0, 0.1) is 11.8 Å². The van der Waals surface area contributed by atoms with Crippen LogP contribution < -0.4 is 10.6 Å². The molecule has 0 bridgehead atoms. The SMILES string of the molecule is O=C(O)CCP(=O)(OCC1CCC(COP(=O)(CCC(=O)O)c2ccccc2)CC1)c1ccccc1. The Kier molecular flexibility index (Phi) is 10.5. The van der Waals surface area contributed by atoms with Crippen LogP contribution >= 0.6 is 14.7 Å². The van der Waals surface area contributed by atoms with Crippen LogP contribution in [0.1, 0.15) is 38.5 Å². The van der Waals surface area contributed by atoms with Gasteiger partial charge in [-0.05, 0) is 61.8 Å². The van der Waals surface area contributed by atoms with Crippen LogP contribution in [-0.2, 0) is 27.8 Å². The van der Waals surface area contributed by atoms with Gasteiger partial charge in [-0.25, -0.2) is 0 Å². The molecule has 0 amide bonds. The van der Waals surface area contributed by atoms with Gasteiger partial charge < -0.3 is 19.3 Å². The van der Waals surface area contributed by atoms with Crippen LogP contribution in [0.2, 0.25) is 0 Å². The average molecular weight is 536 g/mol. The maximum absolute atomic E-state index is 13.5. The molecule has 1 aliphatic rings. The maximum Gasteiger partial charge on any atom is 0.303 e. The first-order chi connectivity index (χ1) is 17.2. The van der Waals surface area contributed by atoms with E-state index in [1.807, 2.05) is 12.1 Å². The molecule has 0 heterocycles. The third kappa shape index (κ3) is 8.41. The molecule has 8 nitrogen and oxygen atoms in total. The van der Waals surface area contributed by atoms with Gasteiger partial charge in [0.1, 0.15) is 0 Å². The summed E-state index contributed by atoms with van der Waals surface area (Å²) in [4.78, 5) is 22.2. The lowest BCUT2D eigenvalue weighted by Gasteiger charge is -2.30. The molecule has 3 rings (SSSR count). The van der Waals surface area contributed by atoms with E-state index in [1.54, 1.807) is 48.5 Å². The minimum absolute atomic E-state index is 0.0410. The summed E-state index contributed by atoms with van der Waals surface area (Å²) in [5, 5.41) is 19.2. The molecular weight excluding hydrogens is 502 g/mol. The van der Waals surface area contributed by atoms with Crippen molar-refractivity contribution in [2.45, 2.75) is 38.5 Å². The summed E-state index contributed by atoms with van der Waals surface area (Å²) in [5.41, 5.74) is 0. The quantitative estimate of drug-likeness (QED) is 0.324. The molecule has 1 aliphatic carbocycles. The number of hydrogen-bond donors (Lipinski definition) is 2. The van der Waals surface area contributed by atoms with Gasteiger partial charge in [0.2, 0.25) is 14.7 Å². The van der Waals surface area contributed by atoms with Crippen molar-refractivity contribution in [1.82, 2.24) is 0 Å². The highest BCUT2D eigenvalue weighted by molar-refractivity contribution is 7.67. The van der Waals surface area contributed by atoms with E-state index in [9.17, 15) is 18.7 Å². The number of aliphatic carboxylic acids is 2. The van der Waals surface area contributed by atoms with Crippen molar-refractivity contribution in [1.29, 1.82) is 0 Å². The number of carbonyl (C=O) groups is 2. The van der Waals surface area contributed by atoms with Gasteiger partial charge in [0.05, 0.1) is 26.1 Å². The Balaban J connectivity index is 1.53. The Bertz CT molecular complexity index is 994. The van der Waals surface area contributed by atoms with Crippen molar-refractivity contribution >= 4 is 37.3 Å². The van der Waals surface area contributed by atoms with E-state index >= 15 is 0 Å². The molecule has 10 heteroatoms. The standard InChI is InChI=1S/C26H34O8P2/c27-25(28)15-17-35(31,23-7-3-1-4-8-23)33-19-21-11-13-22(14-12-21)20-34-36(32,18-16-26(29)30)24-9-5-2-6-10-24/h1-10,21-22H,11-20H2,(H,27,28)(H,29,30). The topological polar surface area (TPSA) is 127 Å². The zero-order chi connectivity index (χ0) is 26.0. The predicted molar refractivity (Wildman–Crippen MR) is 139 cm³/mol. The average Bonchev–Trinajstić information content (AvgIpc) is 2.90. The molecule has 36 heavy (non-hydrogen) atoms. The first kappa shape index (κ1) is 28.3. The third-order valence-electron chi connectivity index (χ3n) is 6.54. The lowest BCUT2D eigenvalue weighted by Crippen LogP contribution is -2.23. The summed E-state index contributed by atoms with van der Waals surface area (Å²) >= 11 is 0. The summed E-state index contributed by atoms with van der Waals surface area (Å²) in [6.07, 6.45) is 2.78. The Hall–Kier alpha value is -2.24. The zero-order valence-corrected chi connectivity index (χ0v) is 22.0. The van der Waals surface area contributed by atoms with Gasteiger partial charge in [0.25, 0.3) is 0 Å². The molecule has 2 aromatic carbocycles. The van der Waals surface area contributed by atoms with E-state index in [4.69, 9.17) is 19.3 Å². The van der Waals surface area contributed by atoms with Crippen molar-refractivity contribution in [2.24, 2.45) is 11.8 Å². The molecular formula is C26H34O8P2. The number of carboxylic acid groups (broad SMARTS) is 2. The van der Waals surface area contributed by atoms with Gasteiger partial charge in [-0.3, -0.25) is 18.7 Å². The third-order valence-corrected chi connectivity index (χ3v) is 11.5. The van der Waals surface area contributed by atoms with Gasteiger partial charge in [0.15, 0.2) is 0 Å². The van der Waals surface area contributed by atoms with E-state index < -0.39 is 26.7 Å². The second-order valence-electron chi connectivity index (χ2n) is 9.23. The van der Waals surface area contributed by atoms with Crippen LogP contribution in [-0.4, -0.2) is 47.7 Å². The molecule has 0 spiro atoms. The number of carboxylic acids is 2. The van der Waals surface area contributed by atoms with Gasteiger partial charge in [-0.15, -0.1) is 0 Å². The Labute approximate surface area is 211 Å². The van der Waals surface area contributed by atoms with E-state index in [0.717, 1.165) is 25.7 Å². The minimum Gasteiger partial charge on any atom is -0.481 e. The largest absolute Gasteiger partial charge is 0.481 e. The first-order valence-electron chi connectivity index (χ1n) is 12.2. The number of benzene rings is 2. The highest BCUT2D eigenvalue weighted by atomic mass is 31.2. The summed E-state index contributed by atoms with van der Waals surface area (Å²) < 4.78 is 38.9. The highest BCUT2D eigenvalue weighted by Crippen LogP contribution is 2.49. The van der Waals surface area contributed by atoms with Crippen molar-refractivity contribution in [2.75, 3.05) is 25.5 Å². The van der Waals surface area contributed by atoms with Crippen molar-refractivity contribution in [3.63, 3.8) is 0 Å². The van der Waals surface area contributed by atoms with E-state index in [2.05, 4.69) is 0 Å². The molecule has 2 unspecified atom stereocenters. The van der Waals surface area contributed by atoms with Crippen LogP contribution in [0.3, 0.4) is 0 Å². The lowest BCUT2D eigenvalue weighted by atomic mass is 9.83. The van der Waals surface area contributed by atoms with E-state index in [1.165, 1.54) is 0 Å². The van der Waals surface area contributed by atoms with Gasteiger partial charge >= 0.3 is 11.9 Å². The molecule has 1 fully saturated rings. The fraction of sp³-hybridized carbons (Fsp3) is 0.462. The maximum atomic E-state index is 13.5.